The van der Waals surface area contributed by atoms with Crippen LogP contribution in [0.5, 0.6) is 5.75 Å². The normalized spacial score (nSPS) is 14.9. The molecule has 28 heavy (non-hydrogen) atoms. The number of carbonyl (C=O) groups excluding carboxylic acids is 2. The van der Waals surface area contributed by atoms with E-state index in [1.165, 1.54) is 12.0 Å². The van der Waals surface area contributed by atoms with E-state index < -0.39 is 11.9 Å². The van der Waals surface area contributed by atoms with E-state index >= 15 is 0 Å². The molecule has 7 nitrogen and oxygen atoms in total. The summed E-state index contributed by atoms with van der Waals surface area (Å²) in [4.78, 5) is 28.1. The molecule has 10 heteroatoms. The van der Waals surface area contributed by atoms with Gasteiger partial charge in [-0.1, -0.05) is 6.07 Å². The molecule has 0 aliphatic carbocycles. The molecule has 1 saturated heterocycles. The molecule has 1 aromatic heterocycles. The second kappa shape index (κ2) is 7.91. The van der Waals surface area contributed by atoms with Crippen LogP contribution in [0.15, 0.2) is 36.5 Å². The van der Waals surface area contributed by atoms with Crippen LogP contribution in [-0.4, -0.2) is 64.7 Å². The van der Waals surface area contributed by atoms with Gasteiger partial charge in [0.05, 0.1) is 7.11 Å². The average Bonchev–Trinajstić information content (AvgIpc) is 3.16. The van der Waals surface area contributed by atoms with Gasteiger partial charge in [0.1, 0.15) is 12.3 Å². The Labute approximate surface area is 159 Å². The smallest absolute Gasteiger partial charge is 0.435 e. The molecule has 1 aromatic carbocycles. The SMILES string of the molecule is COc1cccc(C(=O)N2CCN(C(=O)Cn3ccc(C(F)(F)F)n3)CC2)c1. The number of piperazine rings is 1. The molecule has 1 aliphatic rings. The lowest BCUT2D eigenvalue weighted by Crippen LogP contribution is -2.51. The van der Waals surface area contributed by atoms with Gasteiger partial charge in [0, 0.05) is 37.9 Å². The van der Waals surface area contributed by atoms with Crippen molar-refractivity contribution in [2.24, 2.45) is 0 Å². The van der Waals surface area contributed by atoms with E-state index in [2.05, 4.69) is 5.10 Å². The molecule has 0 atom stereocenters. The molecule has 2 amide bonds. The van der Waals surface area contributed by atoms with Gasteiger partial charge in [-0.3, -0.25) is 14.3 Å². The van der Waals surface area contributed by atoms with Crippen molar-refractivity contribution in [2.75, 3.05) is 33.3 Å². The molecule has 0 unspecified atom stereocenters. The van der Waals surface area contributed by atoms with Gasteiger partial charge >= 0.3 is 6.18 Å². The Kier molecular flexibility index (Phi) is 5.57. The van der Waals surface area contributed by atoms with E-state index in [0.717, 1.165) is 16.9 Å². The van der Waals surface area contributed by atoms with Gasteiger partial charge in [-0.15, -0.1) is 0 Å². The number of nitrogens with zero attached hydrogens (tertiary/aromatic N) is 4. The van der Waals surface area contributed by atoms with Crippen molar-refractivity contribution >= 4 is 11.8 Å². The van der Waals surface area contributed by atoms with Crippen molar-refractivity contribution < 1.29 is 27.5 Å². The predicted octanol–water partition coefficient (Wildman–Crippen LogP) is 1.90. The number of aromatic nitrogens is 2. The largest absolute Gasteiger partial charge is 0.497 e. The van der Waals surface area contributed by atoms with Gasteiger partial charge in [-0.05, 0) is 24.3 Å². The van der Waals surface area contributed by atoms with Gasteiger partial charge in [-0.2, -0.15) is 18.3 Å². The van der Waals surface area contributed by atoms with Crippen LogP contribution in [0.3, 0.4) is 0 Å². The maximum atomic E-state index is 12.6. The fraction of sp³-hybridized carbons (Fsp3) is 0.389. The van der Waals surface area contributed by atoms with Crippen molar-refractivity contribution in [3.8, 4) is 5.75 Å². The monoisotopic (exact) mass is 396 g/mol. The lowest BCUT2D eigenvalue weighted by atomic mass is 10.1. The van der Waals surface area contributed by atoms with Crippen molar-refractivity contribution in [2.45, 2.75) is 12.7 Å². The Balaban J connectivity index is 1.55. The maximum Gasteiger partial charge on any atom is 0.435 e. The Morgan fingerprint density at radius 2 is 1.79 bits per heavy atom. The van der Waals surface area contributed by atoms with Gasteiger partial charge in [-0.25, -0.2) is 0 Å². The Morgan fingerprint density at radius 1 is 1.11 bits per heavy atom. The van der Waals surface area contributed by atoms with Gasteiger partial charge < -0.3 is 14.5 Å². The fourth-order valence-electron chi connectivity index (χ4n) is 2.94. The van der Waals surface area contributed by atoms with Crippen LogP contribution in [0.1, 0.15) is 16.1 Å². The van der Waals surface area contributed by atoms with E-state index in [0.29, 0.717) is 37.5 Å². The van der Waals surface area contributed by atoms with Crippen molar-refractivity contribution in [1.29, 1.82) is 0 Å². The summed E-state index contributed by atoms with van der Waals surface area (Å²) < 4.78 is 43.8. The van der Waals surface area contributed by atoms with E-state index in [4.69, 9.17) is 4.74 Å². The topological polar surface area (TPSA) is 67.7 Å². The fourth-order valence-corrected chi connectivity index (χ4v) is 2.94. The number of methoxy groups -OCH3 is 1. The third kappa shape index (κ3) is 4.44. The van der Waals surface area contributed by atoms with Gasteiger partial charge in [0.15, 0.2) is 5.69 Å². The third-order valence-corrected chi connectivity index (χ3v) is 4.46. The standard InChI is InChI=1S/C18H19F3N4O3/c1-28-14-4-2-3-13(11-14)17(27)24-9-7-23(8-10-24)16(26)12-25-6-5-15(22-25)18(19,20)21/h2-6,11H,7-10,12H2,1H3. The van der Waals surface area contributed by atoms with E-state index in [9.17, 15) is 22.8 Å². The second-order valence-electron chi connectivity index (χ2n) is 6.30. The van der Waals surface area contributed by atoms with E-state index in [1.807, 2.05) is 0 Å². The Hall–Kier alpha value is -3.04. The van der Waals surface area contributed by atoms with Crippen LogP contribution in [-0.2, 0) is 17.5 Å². The van der Waals surface area contributed by atoms with Gasteiger partial charge in [0.2, 0.25) is 5.91 Å². The summed E-state index contributed by atoms with van der Waals surface area (Å²) in [5.74, 6) is 0.0790. The summed E-state index contributed by atoms with van der Waals surface area (Å²) in [5, 5.41) is 3.38. The summed E-state index contributed by atoms with van der Waals surface area (Å²) in [6.07, 6.45) is -3.41. The number of halogens is 3. The summed E-state index contributed by atoms with van der Waals surface area (Å²) in [6.45, 7) is 1.02. The first-order valence-electron chi connectivity index (χ1n) is 8.59. The zero-order valence-corrected chi connectivity index (χ0v) is 15.1. The van der Waals surface area contributed by atoms with E-state index in [-0.39, 0.29) is 18.4 Å². The number of benzene rings is 1. The number of hydrogen-bond donors (Lipinski definition) is 0. The Bertz CT molecular complexity index is 858. The van der Waals surface area contributed by atoms with Crippen molar-refractivity contribution in [3.05, 3.63) is 47.8 Å². The maximum absolute atomic E-state index is 12.6. The number of ether oxygens (including phenoxy) is 1. The van der Waals surface area contributed by atoms with Crippen LogP contribution in [0.2, 0.25) is 0 Å². The quantitative estimate of drug-likeness (QED) is 0.792. The lowest BCUT2D eigenvalue weighted by Gasteiger charge is -2.34. The van der Waals surface area contributed by atoms with Crippen molar-refractivity contribution in [3.63, 3.8) is 0 Å². The highest BCUT2D eigenvalue weighted by Crippen LogP contribution is 2.27. The molecule has 1 aliphatic heterocycles. The third-order valence-electron chi connectivity index (χ3n) is 4.46. The molecule has 0 bridgehead atoms. The van der Waals surface area contributed by atoms with Crippen LogP contribution in [0.4, 0.5) is 13.2 Å². The second-order valence-corrected chi connectivity index (χ2v) is 6.30. The highest BCUT2D eigenvalue weighted by Gasteiger charge is 2.34. The summed E-state index contributed by atoms with van der Waals surface area (Å²) >= 11 is 0. The molecule has 0 N–H and O–H groups in total. The zero-order chi connectivity index (χ0) is 20.3. The predicted molar refractivity (Wildman–Crippen MR) is 92.7 cm³/mol. The molecule has 0 saturated carbocycles. The molecule has 3 rings (SSSR count). The van der Waals surface area contributed by atoms with Crippen LogP contribution < -0.4 is 4.74 Å². The lowest BCUT2D eigenvalue weighted by molar-refractivity contribution is -0.142. The Morgan fingerprint density at radius 3 is 2.39 bits per heavy atom. The average molecular weight is 396 g/mol. The summed E-state index contributed by atoms with van der Waals surface area (Å²) in [7, 11) is 1.52. The first-order valence-corrected chi connectivity index (χ1v) is 8.59. The minimum Gasteiger partial charge on any atom is -0.497 e. The highest BCUT2D eigenvalue weighted by molar-refractivity contribution is 5.94. The minimum atomic E-state index is -4.54. The molecule has 0 radical (unpaired) electrons. The molecular formula is C18H19F3N4O3. The molecular weight excluding hydrogens is 377 g/mol. The first-order chi connectivity index (χ1) is 13.3. The van der Waals surface area contributed by atoms with Crippen LogP contribution in [0, 0.1) is 0 Å². The van der Waals surface area contributed by atoms with Crippen molar-refractivity contribution in [1.82, 2.24) is 19.6 Å². The number of amides is 2. The molecule has 1 fully saturated rings. The van der Waals surface area contributed by atoms with Crippen LogP contribution in [0.25, 0.3) is 0 Å². The minimum absolute atomic E-state index is 0.159. The van der Waals surface area contributed by atoms with Crippen LogP contribution >= 0.6 is 0 Å². The van der Waals surface area contributed by atoms with E-state index in [1.54, 1.807) is 29.2 Å². The molecule has 150 valence electrons. The number of rotatable bonds is 4. The molecule has 2 heterocycles. The van der Waals surface area contributed by atoms with Gasteiger partial charge in [0.25, 0.3) is 5.91 Å². The highest BCUT2D eigenvalue weighted by atomic mass is 19.4. The summed E-state index contributed by atoms with van der Waals surface area (Å²) in [5.41, 5.74) is -0.538. The number of carbonyl (C=O) groups is 2. The summed E-state index contributed by atoms with van der Waals surface area (Å²) in [6, 6.07) is 7.64. The number of alkyl halides is 3. The first kappa shape index (κ1) is 19.7. The number of hydrogen-bond acceptors (Lipinski definition) is 4. The molecule has 2 aromatic rings. The molecule has 0 spiro atoms. The zero-order valence-electron chi connectivity index (χ0n) is 15.1.